The Balaban J connectivity index is 2.95. The van der Waals surface area contributed by atoms with Crippen molar-refractivity contribution < 1.29 is 14.7 Å². The molecule has 0 aliphatic heterocycles. The summed E-state index contributed by atoms with van der Waals surface area (Å²) in [5.41, 5.74) is 1.10. The molecule has 1 rings (SSSR count). The van der Waals surface area contributed by atoms with Gasteiger partial charge in [-0.15, -0.1) is 0 Å². The third-order valence-electron chi connectivity index (χ3n) is 3.27. The maximum Gasteiger partial charge on any atom is 0.335 e. The second-order valence-corrected chi connectivity index (χ2v) is 6.27. The number of nitrogens with one attached hydrogen (secondary N) is 1. The van der Waals surface area contributed by atoms with E-state index in [0.29, 0.717) is 11.6 Å². The number of hydrogen-bond donors (Lipinski definition) is 2. The van der Waals surface area contributed by atoms with Crippen molar-refractivity contribution in [3.8, 4) is 0 Å². The Hall–Kier alpha value is -1.84. The number of rotatable bonds is 5. The molecular formula is C16H23NO3. The van der Waals surface area contributed by atoms with Crippen LogP contribution in [0.2, 0.25) is 0 Å². The first-order valence-electron chi connectivity index (χ1n) is 6.79. The van der Waals surface area contributed by atoms with E-state index in [1.54, 1.807) is 6.07 Å². The van der Waals surface area contributed by atoms with Gasteiger partial charge in [-0.25, -0.2) is 4.79 Å². The van der Waals surface area contributed by atoms with E-state index in [2.05, 4.69) is 19.2 Å². The van der Waals surface area contributed by atoms with Gasteiger partial charge in [-0.1, -0.05) is 33.8 Å². The van der Waals surface area contributed by atoms with Crippen molar-refractivity contribution in [2.45, 2.75) is 41.0 Å². The normalized spacial score (nSPS) is 11.5. The van der Waals surface area contributed by atoms with Crippen molar-refractivity contribution in [1.29, 1.82) is 0 Å². The number of benzene rings is 1. The molecule has 0 fully saturated rings. The summed E-state index contributed by atoms with van der Waals surface area (Å²) >= 11 is 0. The molecule has 0 unspecified atom stereocenters. The molecule has 4 nitrogen and oxygen atoms in total. The highest BCUT2D eigenvalue weighted by molar-refractivity contribution is 5.97. The monoisotopic (exact) mass is 277 g/mol. The van der Waals surface area contributed by atoms with Crippen molar-refractivity contribution in [2.75, 3.05) is 5.32 Å². The van der Waals surface area contributed by atoms with Crippen LogP contribution in [0.4, 0.5) is 5.69 Å². The molecule has 0 spiro atoms. The Bertz CT molecular complexity index is 518. The smallest absolute Gasteiger partial charge is 0.335 e. The zero-order valence-corrected chi connectivity index (χ0v) is 12.8. The van der Waals surface area contributed by atoms with E-state index in [0.717, 1.165) is 12.0 Å². The molecule has 1 amide bonds. The Morgan fingerprint density at radius 1 is 1.30 bits per heavy atom. The molecule has 0 saturated carbocycles. The largest absolute Gasteiger partial charge is 0.478 e. The maximum absolute atomic E-state index is 12.3. The second-order valence-electron chi connectivity index (χ2n) is 6.27. The quantitative estimate of drug-likeness (QED) is 0.862. The maximum atomic E-state index is 12.3. The summed E-state index contributed by atoms with van der Waals surface area (Å²) in [6, 6.07) is 4.74. The number of carboxylic acid groups (broad SMARTS) is 1. The molecule has 110 valence electrons. The van der Waals surface area contributed by atoms with Gasteiger partial charge < -0.3 is 10.4 Å². The predicted octanol–water partition coefficient (Wildman–Crippen LogP) is 3.70. The Labute approximate surface area is 120 Å². The third-order valence-corrected chi connectivity index (χ3v) is 3.27. The topological polar surface area (TPSA) is 66.4 Å². The summed E-state index contributed by atoms with van der Waals surface area (Å²) in [6.45, 7) is 9.80. The second kappa shape index (κ2) is 6.07. The van der Waals surface area contributed by atoms with Crippen LogP contribution in [0.3, 0.4) is 0 Å². The summed E-state index contributed by atoms with van der Waals surface area (Å²) in [7, 11) is 0. The molecule has 0 aliphatic rings. The number of hydrogen-bond acceptors (Lipinski definition) is 2. The average Bonchev–Trinajstić information content (AvgIpc) is 2.29. The van der Waals surface area contributed by atoms with Gasteiger partial charge in [0.2, 0.25) is 5.91 Å². The molecule has 0 aliphatic carbocycles. The minimum Gasteiger partial charge on any atom is -0.478 e. The van der Waals surface area contributed by atoms with E-state index in [9.17, 15) is 9.59 Å². The molecule has 20 heavy (non-hydrogen) atoms. The number of anilines is 1. The van der Waals surface area contributed by atoms with Gasteiger partial charge >= 0.3 is 5.97 Å². The Morgan fingerprint density at radius 2 is 1.90 bits per heavy atom. The summed E-state index contributed by atoms with van der Waals surface area (Å²) in [5, 5.41) is 11.8. The highest BCUT2D eigenvalue weighted by Gasteiger charge is 2.28. The molecule has 0 heterocycles. The van der Waals surface area contributed by atoms with Crippen LogP contribution in [-0.2, 0) is 4.79 Å². The van der Waals surface area contributed by atoms with Gasteiger partial charge in [-0.3, -0.25) is 4.79 Å². The summed E-state index contributed by atoms with van der Waals surface area (Å²) in [4.78, 5) is 23.3. The summed E-state index contributed by atoms with van der Waals surface area (Å²) in [6.07, 6.45) is 0.774. The van der Waals surface area contributed by atoms with E-state index in [1.165, 1.54) is 12.1 Å². The fourth-order valence-electron chi connectivity index (χ4n) is 2.29. The van der Waals surface area contributed by atoms with E-state index in [1.807, 2.05) is 20.8 Å². The molecule has 0 radical (unpaired) electrons. The summed E-state index contributed by atoms with van der Waals surface area (Å²) < 4.78 is 0. The van der Waals surface area contributed by atoms with Gasteiger partial charge in [0.25, 0.3) is 0 Å². The van der Waals surface area contributed by atoms with E-state index in [-0.39, 0.29) is 11.5 Å². The van der Waals surface area contributed by atoms with Crippen LogP contribution in [-0.4, -0.2) is 17.0 Å². The van der Waals surface area contributed by atoms with Crippen LogP contribution in [0, 0.1) is 18.3 Å². The van der Waals surface area contributed by atoms with Gasteiger partial charge in [0, 0.05) is 11.1 Å². The van der Waals surface area contributed by atoms with Crippen molar-refractivity contribution in [3.05, 3.63) is 29.3 Å². The van der Waals surface area contributed by atoms with Gasteiger partial charge in [0.05, 0.1) is 5.56 Å². The molecule has 0 atom stereocenters. The predicted molar refractivity (Wildman–Crippen MR) is 80.0 cm³/mol. The van der Waals surface area contributed by atoms with Gasteiger partial charge in [-0.2, -0.15) is 0 Å². The fourth-order valence-corrected chi connectivity index (χ4v) is 2.29. The lowest BCUT2D eigenvalue weighted by molar-refractivity contribution is -0.124. The lowest BCUT2D eigenvalue weighted by Gasteiger charge is -2.26. The highest BCUT2D eigenvalue weighted by atomic mass is 16.4. The first kappa shape index (κ1) is 16.2. The first-order chi connectivity index (χ1) is 9.13. The molecule has 0 bridgehead atoms. The van der Waals surface area contributed by atoms with Crippen LogP contribution in [0.25, 0.3) is 0 Å². The van der Waals surface area contributed by atoms with Gasteiger partial charge in [0.1, 0.15) is 0 Å². The van der Waals surface area contributed by atoms with Crippen LogP contribution in [0.1, 0.15) is 50.0 Å². The van der Waals surface area contributed by atoms with Gasteiger partial charge in [-0.05, 0) is 37.0 Å². The minimum absolute atomic E-state index is 0.0863. The first-order valence-corrected chi connectivity index (χ1v) is 6.79. The highest BCUT2D eigenvalue weighted by Crippen LogP contribution is 2.28. The van der Waals surface area contributed by atoms with Crippen molar-refractivity contribution in [1.82, 2.24) is 0 Å². The lowest BCUT2D eigenvalue weighted by Crippen LogP contribution is -2.32. The third kappa shape index (κ3) is 4.08. The van der Waals surface area contributed by atoms with Crippen molar-refractivity contribution in [2.24, 2.45) is 11.3 Å². The van der Waals surface area contributed by atoms with Crippen LogP contribution < -0.4 is 5.32 Å². The number of aryl methyl sites for hydroxylation is 1. The molecule has 2 N–H and O–H groups in total. The SMILES string of the molecule is Cc1ccc(C(=O)O)cc1NC(=O)C(C)(C)CC(C)C. The number of carbonyl (C=O) groups is 2. The van der Waals surface area contributed by atoms with Gasteiger partial charge in [0.15, 0.2) is 0 Å². The molecule has 0 aromatic heterocycles. The number of aromatic carboxylic acids is 1. The Kier molecular flexibility index (Phi) is 4.93. The van der Waals surface area contributed by atoms with Crippen LogP contribution >= 0.6 is 0 Å². The van der Waals surface area contributed by atoms with Crippen molar-refractivity contribution >= 4 is 17.6 Å². The molecule has 4 heteroatoms. The standard InChI is InChI=1S/C16H23NO3/c1-10(2)9-16(4,5)15(20)17-13-8-12(14(18)19)7-6-11(13)3/h6-8,10H,9H2,1-5H3,(H,17,20)(H,18,19). The fraction of sp³-hybridized carbons (Fsp3) is 0.500. The summed E-state index contributed by atoms with van der Waals surface area (Å²) in [5.74, 6) is -0.666. The number of carboxylic acids is 1. The van der Waals surface area contributed by atoms with E-state index >= 15 is 0 Å². The molecule has 1 aromatic rings. The molecule has 1 aromatic carbocycles. The van der Waals surface area contributed by atoms with Crippen LogP contribution in [0.15, 0.2) is 18.2 Å². The zero-order chi connectivity index (χ0) is 15.5. The zero-order valence-electron chi connectivity index (χ0n) is 12.8. The molecule has 0 saturated heterocycles. The van der Waals surface area contributed by atoms with Crippen LogP contribution in [0.5, 0.6) is 0 Å². The number of carbonyl (C=O) groups excluding carboxylic acids is 1. The lowest BCUT2D eigenvalue weighted by atomic mass is 9.83. The van der Waals surface area contributed by atoms with Crippen molar-refractivity contribution in [3.63, 3.8) is 0 Å². The molecular weight excluding hydrogens is 254 g/mol. The Morgan fingerprint density at radius 3 is 2.40 bits per heavy atom. The number of amides is 1. The van der Waals surface area contributed by atoms with E-state index < -0.39 is 11.4 Å². The minimum atomic E-state index is -0.998. The van der Waals surface area contributed by atoms with E-state index in [4.69, 9.17) is 5.11 Å². The average molecular weight is 277 g/mol.